The van der Waals surface area contributed by atoms with E-state index >= 15 is 0 Å². The first-order valence-electron chi connectivity index (χ1n) is 7.87. The largest absolute Gasteiger partial charge is 0.522 e. The van der Waals surface area contributed by atoms with Crippen molar-refractivity contribution in [2.24, 2.45) is 7.05 Å². The van der Waals surface area contributed by atoms with Crippen LogP contribution in [0.1, 0.15) is 18.7 Å². The van der Waals surface area contributed by atoms with Crippen molar-refractivity contribution in [1.82, 2.24) is 24.8 Å². The van der Waals surface area contributed by atoms with Crippen LogP contribution in [0.4, 0.5) is 23.8 Å². The van der Waals surface area contributed by atoms with Crippen molar-refractivity contribution in [3.8, 4) is 0 Å². The summed E-state index contributed by atoms with van der Waals surface area (Å²) in [7, 11) is 1.74. The van der Waals surface area contributed by atoms with Gasteiger partial charge in [-0.2, -0.15) is 0 Å². The van der Waals surface area contributed by atoms with Gasteiger partial charge in [0.15, 0.2) is 22.8 Å². The Morgan fingerprint density at radius 1 is 1.38 bits per heavy atom. The van der Waals surface area contributed by atoms with Crippen LogP contribution in [0, 0.1) is 0 Å². The van der Waals surface area contributed by atoms with Gasteiger partial charge in [-0.3, -0.25) is 4.74 Å². The SMILES string of the molecule is Cn1cnc2c(N3CCC(OC(F)(F)F)CC3)nc(CNC(=O)O)nc21. The topological polar surface area (TPSA) is 105 Å². The van der Waals surface area contributed by atoms with Crippen LogP contribution in [0.5, 0.6) is 0 Å². The predicted molar refractivity (Wildman–Crippen MR) is 83.5 cm³/mol. The number of anilines is 1. The number of fused-ring (bicyclic) bond motifs is 1. The van der Waals surface area contributed by atoms with Crippen molar-refractivity contribution in [3.63, 3.8) is 0 Å². The molecule has 1 saturated heterocycles. The lowest BCUT2D eigenvalue weighted by Gasteiger charge is -2.33. The maximum Gasteiger partial charge on any atom is 0.522 e. The summed E-state index contributed by atoms with van der Waals surface area (Å²) in [5.74, 6) is 0.732. The lowest BCUT2D eigenvalue weighted by atomic mass is 10.1. The molecule has 0 unspecified atom stereocenters. The van der Waals surface area contributed by atoms with E-state index in [1.54, 1.807) is 17.9 Å². The molecule has 2 N–H and O–H groups in total. The maximum atomic E-state index is 12.4. The van der Waals surface area contributed by atoms with Gasteiger partial charge in [-0.25, -0.2) is 19.7 Å². The molecule has 0 saturated carbocycles. The minimum absolute atomic E-state index is 0.0862. The molecule has 0 atom stereocenters. The predicted octanol–water partition coefficient (Wildman–Crippen LogP) is 1.64. The first kappa shape index (κ1) is 18.2. The molecule has 3 rings (SSSR count). The molecule has 0 bridgehead atoms. The number of alkyl halides is 3. The number of aromatic nitrogens is 4. The van der Waals surface area contributed by atoms with Gasteiger partial charge >= 0.3 is 12.5 Å². The van der Waals surface area contributed by atoms with E-state index in [0.717, 1.165) is 0 Å². The van der Waals surface area contributed by atoms with Crippen LogP contribution < -0.4 is 10.2 Å². The molecule has 1 aliphatic rings. The number of ether oxygens (including phenoxy) is 1. The molecule has 142 valence electrons. The van der Waals surface area contributed by atoms with Gasteiger partial charge in [-0.1, -0.05) is 0 Å². The molecule has 12 heteroatoms. The number of nitrogens with one attached hydrogen (secondary N) is 1. The molecule has 0 spiro atoms. The third-order valence-electron chi connectivity index (χ3n) is 4.03. The first-order chi connectivity index (χ1) is 12.2. The van der Waals surface area contributed by atoms with Crippen molar-refractivity contribution in [2.75, 3.05) is 18.0 Å². The smallest absolute Gasteiger partial charge is 0.465 e. The number of carboxylic acid groups (broad SMARTS) is 1. The van der Waals surface area contributed by atoms with Gasteiger partial charge in [-0.15, -0.1) is 13.2 Å². The van der Waals surface area contributed by atoms with Crippen LogP contribution in [0.25, 0.3) is 11.2 Å². The fourth-order valence-electron chi connectivity index (χ4n) is 2.86. The van der Waals surface area contributed by atoms with Gasteiger partial charge in [0.1, 0.15) is 0 Å². The van der Waals surface area contributed by atoms with E-state index in [-0.39, 0.29) is 25.2 Å². The molecular weight excluding hydrogens is 357 g/mol. The Morgan fingerprint density at radius 3 is 2.69 bits per heavy atom. The second kappa shape index (κ2) is 6.94. The normalized spacial score (nSPS) is 16.2. The Hall–Kier alpha value is -2.63. The van der Waals surface area contributed by atoms with E-state index in [0.29, 0.717) is 30.1 Å². The summed E-state index contributed by atoms with van der Waals surface area (Å²) in [6.07, 6.45) is -4.80. The van der Waals surface area contributed by atoms with Crippen LogP contribution in [0.2, 0.25) is 0 Å². The Bertz CT molecular complexity index is 801. The van der Waals surface area contributed by atoms with E-state index in [4.69, 9.17) is 5.11 Å². The van der Waals surface area contributed by atoms with Crippen molar-refractivity contribution in [3.05, 3.63) is 12.2 Å². The number of halogens is 3. The zero-order chi connectivity index (χ0) is 18.9. The number of hydrogen-bond donors (Lipinski definition) is 2. The highest BCUT2D eigenvalue weighted by Crippen LogP contribution is 2.29. The number of hydrogen-bond acceptors (Lipinski definition) is 6. The van der Waals surface area contributed by atoms with Gasteiger partial charge < -0.3 is 19.9 Å². The lowest BCUT2D eigenvalue weighted by Crippen LogP contribution is -2.39. The molecule has 0 aromatic carbocycles. The molecule has 0 aliphatic carbocycles. The molecule has 1 amide bonds. The highest BCUT2D eigenvalue weighted by molar-refractivity contribution is 5.83. The number of piperidine rings is 1. The van der Waals surface area contributed by atoms with Crippen LogP contribution in [-0.2, 0) is 18.3 Å². The van der Waals surface area contributed by atoms with Crippen LogP contribution >= 0.6 is 0 Å². The maximum absolute atomic E-state index is 12.4. The van der Waals surface area contributed by atoms with Crippen molar-refractivity contribution in [1.29, 1.82) is 0 Å². The Balaban J connectivity index is 1.82. The summed E-state index contributed by atoms with van der Waals surface area (Å²) in [5.41, 5.74) is 1.03. The molecule has 0 radical (unpaired) electrons. The second-order valence-electron chi connectivity index (χ2n) is 5.90. The van der Waals surface area contributed by atoms with E-state index in [1.165, 1.54) is 0 Å². The second-order valence-corrected chi connectivity index (χ2v) is 5.90. The Morgan fingerprint density at radius 2 is 2.08 bits per heavy atom. The van der Waals surface area contributed by atoms with Crippen LogP contribution in [-0.4, -0.2) is 56.3 Å². The van der Waals surface area contributed by atoms with Crippen molar-refractivity contribution in [2.45, 2.75) is 31.9 Å². The summed E-state index contributed by atoms with van der Waals surface area (Å²) in [6.45, 7) is 0.543. The Labute approximate surface area is 145 Å². The number of aryl methyl sites for hydroxylation is 1. The third kappa shape index (κ3) is 4.12. The highest BCUT2D eigenvalue weighted by Gasteiger charge is 2.35. The van der Waals surface area contributed by atoms with Gasteiger partial charge in [0.05, 0.1) is 19.0 Å². The lowest BCUT2D eigenvalue weighted by molar-refractivity contribution is -0.344. The minimum atomic E-state index is -4.65. The molecular formula is C14H17F3N6O3. The quantitative estimate of drug-likeness (QED) is 0.838. The van der Waals surface area contributed by atoms with Crippen LogP contribution in [0.15, 0.2) is 6.33 Å². The van der Waals surface area contributed by atoms with Gasteiger partial charge in [0.25, 0.3) is 0 Å². The molecule has 3 heterocycles. The van der Waals surface area contributed by atoms with Crippen molar-refractivity contribution >= 4 is 23.1 Å². The number of nitrogens with zero attached hydrogens (tertiary/aromatic N) is 5. The summed E-state index contributed by atoms with van der Waals surface area (Å²) < 4.78 is 42.8. The van der Waals surface area contributed by atoms with E-state index in [2.05, 4.69) is 25.0 Å². The molecule has 1 fully saturated rings. The standard InChI is InChI=1S/C14H17F3N6O3/c1-22-7-19-10-11(22)20-9(6-18-13(24)25)21-12(10)23-4-2-8(3-5-23)26-14(15,16)17/h7-8,18H,2-6H2,1H3,(H,24,25). The third-order valence-corrected chi connectivity index (χ3v) is 4.03. The number of rotatable bonds is 4. The Kier molecular flexibility index (Phi) is 4.85. The fourth-order valence-corrected chi connectivity index (χ4v) is 2.86. The minimum Gasteiger partial charge on any atom is -0.465 e. The average molecular weight is 374 g/mol. The molecule has 1 aliphatic heterocycles. The summed E-state index contributed by atoms with van der Waals surface area (Å²) in [4.78, 5) is 25.4. The average Bonchev–Trinajstić information content (AvgIpc) is 2.93. The molecule has 2 aromatic rings. The summed E-state index contributed by atoms with van der Waals surface area (Å²) >= 11 is 0. The molecule has 9 nitrogen and oxygen atoms in total. The number of imidazole rings is 1. The van der Waals surface area contributed by atoms with E-state index in [1.807, 2.05) is 4.90 Å². The van der Waals surface area contributed by atoms with Gasteiger partial charge in [0.2, 0.25) is 0 Å². The summed E-state index contributed by atoms with van der Waals surface area (Å²) in [5, 5.41) is 10.9. The zero-order valence-corrected chi connectivity index (χ0v) is 13.8. The zero-order valence-electron chi connectivity index (χ0n) is 13.8. The van der Waals surface area contributed by atoms with Gasteiger partial charge in [0, 0.05) is 20.1 Å². The monoisotopic (exact) mass is 374 g/mol. The number of carbonyl (C=O) groups is 1. The highest BCUT2D eigenvalue weighted by atomic mass is 19.4. The van der Waals surface area contributed by atoms with E-state index in [9.17, 15) is 18.0 Å². The molecule has 26 heavy (non-hydrogen) atoms. The van der Waals surface area contributed by atoms with E-state index < -0.39 is 18.6 Å². The summed E-state index contributed by atoms with van der Waals surface area (Å²) in [6, 6.07) is 0. The van der Waals surface area contributed by atoms with Gasteiger partial charge in [-0.05, 0) is 12.8 Å². The number of amides is 1. The first-order valence-corrected chi connectivity index (χ1v) is 7.87. The fraction of sp³-hybridized carbons (Fsp3) is 0.571. The van der Waals surface area contributed by atoms with Crippen LogP contribution in [0.3, 0.4) is 0 Å². The van der Waals surface area contributed by atoms with Crippen molar-refractivity contribution < 1.29 is 27.8 Å². The molecule has 2 aromatic heterocycles.